The lowest BCUT2D eigenvalue weighted by atomic mass is 10.2. The molecular weight excluding hydrogens is 259 g/mol. The van der Waals surface area contributed by atoms with Gasteiger partial charge in [-0.3, -0.25) is 4.79 Å². The van der Waals surface area contributed by atoms with Gasteiger partial charge in [0.05, 0.1) is 5.56 Å². The molecule has 0 radical (unpaired) electrons. The molecule has 1 amide bonds. The zero-order valence-corrected chi connectivity index (χ0v) is 10.4. The highest BCUT2D eigenvalue weighted by atomic mass is 19.1. The molecule has 0 fully saturated rings. The van der Waals surface area contributed by atoms with E-state index in [4.69, 9.17) is 10.5 Å². The third kappa shape index (κ3) is 2.09. The number of rotatable bonds is 3. The minimum absolute atomic E-state index is 0.0470. The molecule has 2 aromatic carbocycles. The SMILES string of the molecule is NC(=O)c1ccccc1Oc1cc2cc[nH]c2cc1F. The molecule has 100 valence electrons. The molecule has 5 heteroatoms. The number of ether oxygens (including phenoxy) is 1. The van der Waals surface area contributed by atoms with Crippen LogP contribution in [-0.4, -0.2) is 10.9 Å². The lowest BCUT2D eigenvalue weighted by molar-refractivity contribution is 0.0998. The summed E-state index contributed by atoms with van der Waals surface area (Å²) in [6.45, 7) is 0. The summed E-state index contributed by atoms with van der Waals surface area (Å²) in [7, 11) is 0. The number of H-pyrrole nitrogens is 1. The van der Waals surface area contributed by atoms with E-state index < -0.39 is 11.7 Å². The molecule has 1 heterocycles. The van der Waals surface area contributed by atoms with E-state index in [-0.39, 0.29) is 17.1 Å². The Morgan fingerprint density at radius 3 is 2.75 bits per heavy atom. The van der Waals surface area contributed by atoms with E-state index in [1.165, 1.54) is 12.1 Å². The van der Waals surface area contributed by atoms with Gasteiger partial charge in [0.25, 0.3) is 5.91 Å². The molecule has 0 aliphatic heterocycles. The number of aromatic amines is 1. The predicted octanol–water partition coefficient (Wildman–Crippen LogP) is 3.20. The van der Waals surface area contributed by atoms with Crippen LogP contribution in [0.3, 0.4) is 0 Å². The maximum atomic E-state index is 14.0. The molecule has 0 aliphatic rings. The maximum absolute atomic E-state index is 14.0. The number of primary amides is 1. The average molecular weight is 270 g/mol. The lowest BCUT2D eigenvalue weighted by Gasteiger charge is -2.10. The van der Waals surface area contributed by atoms with Gasteiger partial charge >= 0.3 is 0 Å². The molecule has 4 nitrogen and oxygen atoms in total. The van der Waals surface area contributed by atoms with Gasteiger partial charge in [0.15, 0.2) is 11.6 Å². The van der Waals surface area contributed by atoms with Crippen molar-refractivity contribution in [3.8, 4) is 11.5 Å². The van der Waals surface area contributed by atoms with E-state index in [9.17, 15) is 9.18 Å². The standard InChI is InChI=1S/C15H11FN2O2/c16-11-8-12-9(5-6-18-12)7-14(11)20-13-4-2-1-3-10(13)15(17)19/h1-8,18H,(H2,17,19). The first-order valence-corrected chi connectivity index (χ1v) is 5.98. The number of nitrogens with two attached hydrogens (primary N) is 1. The van der Waals surface area contributed by atoms with Crippen molar-refractivity contribution in [2.75, 3.05) is 0 Å². The molecule has 20 heavy (non-hydrogen) atoms. The number of aromatic nitrogens is 1. The van der Waals surface area contributed by atoms with Crippen LogP contribution in [0.5, 0.6) is 11.5 Å². The molecule has 0 saturated heterocycles. The van der Waals surface area contributed by atoms with Crippen LogP contribution in [0.2, 0.25) is 0 Å². The Morgan fingerprint density at radius 1 is 1.15 bits per heavy atom. The predicted molar refractivity (Wildman–Crippen MR) is 73.3 cm³/mol. The fourth-order valence-corrected chi connectivity index (χ4v) is 2.01. The van der Waals surface area contributed by atoms with E-state index in [1.807, 2.05) is 6.07 Å². The average Bonchev–Trinajstić information content (AvgIpc) is 2.86. The number of fused-ring (bicyclic) bond motifs is 1. The largest absolute Gasteiger partial charge is 0.453 e. The second-order valence-corrected chi connectivity index (χ2v) is 4.31. The van der Waals surface area contributed by atoms with Gasteiger partial charge in [0, 0.05) is 23.2 Å². The van der Waals surface area contributed by atoms with Crippen LogP contribution < -0.4 is 10.5 Å². The van der Waals surface area contributed by atoms with Crippen molar-refractivity contribution in [3.63, 3.8) is 0 Å². The number of hydrogen-bond acceptors (Lipinski definition) is 2. The van der Waals surface area contributed by atoms with Gasteiger partial charge < -0.3 is 15.5 Å². The van der Waals surface area contributed by atoms with Crippen molar-refractivity contribution >= 4 is 16.8 Å². The number of halogens is 1. The summed E-state index contributed by atoms with van der Waals surface area (Å²) in [5.74, 6) is -0.859. The second kappa shape index (κ2) is 4.70. The summed E-state index contributed by atoms with van der Waals surface area (Å²) >= 11 is 0. The van der Waals surface area contributed by atoms with Gasteiger partial charge in [-0.15, -0.1) is 0 Å². The summed E-state index contributed by atoms with van der Waals surface area (Å²) < 4.78 is 19.4. The summed E-state index contributed by atoms with van der Waals surface area (Å²) in [4.78, 5) is 14.2. The Kier molecular flexibility index (Phi) is 2.87. The van der Waals surface area contributed by atoms with Crippen LogP contribution >= 0.6 is 0 Å². The number of amides is 1. The minimum Gasteiger partial charge on any atom is -0.453 e. The van der Waals surface area contributed by atoms with Crippen molar-refractivity contribution in [2.45, 2.75) is 0 Å². The van der Waals surface area contributed by atoms with E-state index >= 15 is 0 Å². The van der Waals surface area contributed by atoms with E-state index in [0.717, 1.165) is 5.39 Å². The van der Waals surface area contributed by atoms with E-state index in [0.29, 0.717) is 5.52 Å². The molecule has 1 aromatic heterocycles. The number of para-hydroxylation sites is 1. The van der Waals surface area contributed by atoms with Crippen LogP contribution in [0.1, 0.15) is 10.4 Å². The molecule has 0 saturated carbocycles. The molecule has 0 atom stereocenters. The number of nitrogens with one attached hydrogen (secondary N) is 1. The maximum Gasteiger partial charge on any atom is 0.252 e. The van der Waals surface area contributed by atoms with E-state index in [1.54, 1.807) is 30.5 Å². The fourth-order valence-electron chi connectivity index (χ4n) is 2.01. The number of carbonyl (C=O) groups excluding carboxylic acids is 1. The Hall–Kier alpha value is -2.82. The van der Waals surface area contributed by atoms with Crippen LogP contribution in [0.25, 0.3) is 10.9 Å². The molecule has 0 aliphatic carbocycles. The van der Waals surface area contributed by atoms with Crippen molar-refractivity contribution in [3.05, 3.63) is 60.0 Å². The van der Waals surface area contributed by atoms with Gasteiger partial charge in [-0.05, 0) is 24.3 Å². The topological polar surface area (TPSA) is 68.1 Å². The fraction of sp³-hybridized carbons (Fsp3) is 0. The van der Waals surface area contributed by atoms with Crippen molar-refractivity contribution in [1.29, 1.82) is 0 Å². The molecule has 0 bridgehead atoms. The minimum atomic E-state index is -0.622. The third-order valence-electron chi connectivity index (χ3n) is 2.98. The highest BCUT2D eigenvalue weighted by molar-refractivity contribution is 5.95. The summed E-state index contributed by atoms with van der Waals surface area (Å²) in [6.07, 6.45) is 1.71. The number of hydrogen-bond donors (Lipinski definition) is 2. The Morgan fingerprint density at radius 2 is 1.95 bits per heavy atom. The molecule has 3 rings (SSSR count). The van der Waals surface area contributed by atoms with Crippen molar-refractivity contribution < 1.29 is 13.9 Å². The highest BCUT2D eigenvalue weighted by Crippen LogP contribution is 2.30. The van der Waals surface area contributed by atoms with Gasteiger partial charge in [-0.2, -0.15) is 0 Å². The smallest absolute Gasteiger partial charge is 0.252 e. The van der Waals surface area contributed by atoms with Crippen LogP contribution in [0.15, 0.2) is 48.7 Å². The summed E-state index contributed by atoms with van der Waals surface area (Å²) in [5.41, 5.74) is 6.15. The monoisotopic (exact) mass is 270 g/mol. The Labute approximate surface area is 114 Å². The first-order chi connectivity index (χ1) is 9.65. The van der Waals surface area contributed by atoms with E-state index in [2.05, 4.69) is 4.98 Å². The third-order valence-corrected chi connectivity index (χ3v) is 2.98. The van der Waals surface area contributed by atoms with Gasteiger partial charge in [-0.25, -0.2) is 4.39 Å². The first kappa shape index (κ1) is 12.2. The molecule has 0 unspecified atom stereocenters. The van der Waals surface area contributed by atoms with Crippen LogP contribution in [0.4, 0.5) is 4.39 Å². The summed E-state index contributed by atoms with van der Waals surface area (Å²) in [6, 6.07) is 11.2. The zero-order chi connectivity index (χ0) is 14.1. The molecular formula is C15H11FN2O2. The second-order valence-electron chi connectivity index (χ2n) is 4.31. The number of benzene rings is 2. The first-order valence-electron chi connectivity index (χ1n) is 5.98. The highest BCUT2D eigenvalue weighted by Gasteiger charge is 2.12. The number of carbonyl (C=O) groups is 1. The molecule has 0 spiro atoms. The lowest BCUT2D eigenvalue weighted by Crippen LogP contribution is -2.12. The summed E-state index contributed by atoms with van der Waals surface area (Å²) in [5, 5.41) is 0.818. The van der Waals surface area contributed by atoms with Gasteiger partial charge in [0.1, 0.15) is 5.75 Å². The van der Waals surface area contributed by atoms with Gasteiger partial charge in [0.2, 0.25) is 0 Å². The quantitative estimate of drug-likeness (QED) is 0.767. The van der Waals surface area contributed by atoms with Crippen LogP contribution in [-0.2, 0) is 0 Å². The molecule has 3 N–H and O–H groups in total. The van der Waals surface area contributed by atoms with Crippen molar-refractivity contribution in [1.82, 2.24) is 4.98 Å². The van der Waals surface area contributed by atoms with Crippen LogP contribution in [0, 0.1) is 5.82 Å². The van der Waals surface area contributed by atoms with Gasteiger partial charge in [-0.1, -0.05) is 12.1 Å². The Bertz CT molecular complexity index is 795. The van der Waals surface area contributed by atoms with Crippen molar-refractivity contribution in [2.24, 2.45) is 5.73 Å². The molecule has 3 aromatic rings. The zero-order valence-electron chi connectivity index (χ0n) is 10.4. The Balaban J connectivity index is 2.05. The normalized spacial score (nSPS) is 10.7.